The average Bonchev–Trinajstić information content (AvgIpc) is 3.55. The zero-order valence-electron chi connectivity index (χ0n) is 21.1. The van der Waals surface area contributed by atoms with Crippen molar-refractivity contribution in [2.24, 2.45) is 0 Å². The number of nitrogens with zero attached hydrogens (tertiary/aromatic N) is 6. The van der Waals surface area contributed by atoms with Crippen molar-refractivity contribution in [2.45, 2.75) is 12.7 Å². The largest absolute Gasteiger partial charge is 0.490 e. The molecule has 0 unspecified atom stereocenters. The lowest BCUT2D eigenvalue weighted by Crippen LogP contribution is -2.44. The summed E-state index contributed by atoms with van der Waals surface area (Å²) in [7, 11) is 0. The van der Waals surface area contributed by atoms with Crippen molar-refractivity contribution in [3.63, 3.8) is 0 Å². The zero-order chi connectivity index (χ0) is 29.1. The molecule has 4 N–H and O–H groups in total. The third-order valence-corrected chi connectivity index (χ3v) is 6.26. The van der Waals surface area contributed by atoms with Crippen LogP contribution in [-0.2, 0) is 11.3 Å². The molecular weight excluding hydrogens is 570 g/mol. The van der Waals surface area contributed by atoms with E-state index in [0.29, 0.717) is 40.2 Å². The Hall–Kier alpha value is -4.50. The molecule has 0 atom stereocenters. The summed E-state index contributed by atoms with van der Waals surface area (Å²) in [6.45, 7) is 3.71. The van der Waals surface area contributed by atoms with E-state index in [0.717, 1.165) is 43.0 Å². The Kier molecular flexibility index (Phi) is 7.90. The van der Waals surface area contributed by atoms with Gasteiger partial charge < -0.3 is 25.6 Å². The Morgan fingerprint density at radius 1 is 1.10 bits per heavy atom. The first-order chi connectivity index (χ1) is 19.6. The first-order valence-corrected chi connectivity index (χ1v) is 12.6. The first kappa shape index (κ1) is 28.0. The summed E-state index contributed by atoms with van der Waals surface area (Å²) in [5, 5.41) is 14.5. The van der Waals surface area contributed by atoms with E-state index in [2.05, 4.69) is 30.5 Å². The summed E-state index contributed by atoms with van der Waals surface area (Å²) in [6.07, 6.45) is -3.44. The van der Waals surface area contributed by atoms with Crippen molar-refractivity contribution in [3.05, 3.63) is 65.5 Å². The van der Waals surface area contributed by atoms with E-state index in [1.807, 2.05) is 24.3 Å². The van der Waals surface area contributed by atoms with Crippen LogP contribution in [0.2, 0.25) is 5.02 Å². The Morgan fingerprint density at radius 3 is 2.56 bits per heavy atom. The van der Waals surface area contributed by atoms with E-state index < -0.39 is 12.1 Å². The van der Waals surface area contributed by atoms with Gasteiger partial charge in [0.05, 0.1) is 23.3 Å². The number of aliphatic carboxylic acids is 1. The molecule has 1 aliphatic rings. The van der Waals surface area contributed by atoms with Gasteiger partial charge >= 0.3 is 12.1 Å². The molecule has 6 rings (SSSR count). The van der Waals surface area contributed by atoms with Gasteiger partial charge in [0.1, 0.15) is 18.0 Å². The van der Waals surface area contributed by atoms with E-state index in [1.165, 1.54) is 12.1 Å². The van der Waals surface area contributed by atoms with E-state index in [1.54, 1.807) is 17.0 Å². The van der Waals surface area contributed by atoms with E-state index in [4.69, 9.17) is 31.5 Å². The molecular formula is C25H22ClF4N9O2. The fourth-order valence-corrected chi connectivity index (χ4v) is 4.29. The van der Waals surface area contributed by atoms with Crippen LogP contribution in [0.3, 0.4) is 0 Å². The minimum absolute atomic E-state index is 0.320. The molecule has 1 aliphatic heterocycles. The van der Waals surface area contributed by atoms with Crippen molar-refractivity contribution in [1.29, 1.82) is 0 Å². The van der Waals surface area contributed by atoms with Gasteiger partial charge in [-0.15, -0.1) is 0 Å². The van der Waals surface area contributed by atoms with E-state index in [-0.39, 0.29) is 5.82 Å². The molecule has 5 aromatic rings. The predicted molar refractivity (Wildman–Crippen MR) is 144 cm³/mol. The number of aromatic nitrogens is 6. The van der Waals surface area contributed by atoms with Crippen LogP contribution in [0.5, 0.6) is 0 Å². The third-order valence-electron chi connectivity index (χ3n) is 6.03. The molecule has 41 heavy (non-hydrogen) atoms. The summed E-state index contributed by atoms with van der Waals surface area (Å²) in [4.78, 5) is 33.1. The molecule has 1 fully saturated rings. The van der Waals surface area contributed by atoms with Crippen LogP contribution >= 0.6 is 11.6 Å². The number of hydrogen-bond donors (Lipinski definition) is 4. The molecule has 11 nitrogen and oxygen atoms in total. The Labute approximate surface area is 234 Å². The quantitative estimate of drug-likeness (QED) is 0.222. The standard InChI is InChI=1S/C23H21ClFN9.C2HF3O2/c24-14-4-5-17-18(10-14)30-19(29-17)12-27-21-20-22(32-23(31-21)33-8-6-26-7-9-33)34(13-28-20)16-3-1-2-15(25)11-16;3-2(4,5)1(6)7/h1-5,10-11,13,26H,6-9,12H2,(H,29,30)(H,27,31,32);(H,6,7). The van der Waals surface area contributed by atoms with Crippen LogP contribution in [0, 0.1) is 5.82 Å². The summed E-state index contributed by atoms with van der Waals surface area (Å²) in [5.41, 5.74) is 3.56. The van der Waals surface area contributed by atoms with E-state index in [9.17, 15) is 17.6 Å². The molecule has 0 saturated carbocycles. The molecule has 0 radical (unpaired) electrons. The number of halogens is 5. The molecule has 16 heteroatoms. The Balaban J connectivity index is 0.000000431. The van der Waals surface area contributed by atoms with Gasteiger partial charge in [-0.3, -0.25) is 4.57 Å². The highest BCUT2D eigenvalue weighted by Crippen LogP contribution is 2.26. The van der Waals surface area contributed by atoms with Crippen molar-refractivity contribution >= 4 is 51.5 Å². The van der Waals surface area contributed by atoms with Gasteiger partial charge in [0.2, 0.25) is 5.95 Å². The van der Waals surface area contributed by atoms with Gasteiger partial charge in [-0.2, -0.15) is 23.1 Å². The maximum Gasteiger partial charge on any atom is 0.490 e. The van der Waals surface area contributed by atoms with Gasteiger partial charge in [-0.1, -0.05) is 17.7 Å². The van der Waals surface area contributed by atoms with Crippen LogP contribution in [0.1, 0.15) is 5.82 Å². The highest BCUT2D eigenvalue weighted by atomic mass is 35.5. The number of piperazine rings is 1. The minimum atomic E-state index is -5.08. The highest BCUT2D eigenvalue weighted by molar-refractivity contribution is 6.31. The number of anilines is 2. The summed E-state index contributed by atoms with van der Waals surface area (Å²) < 4.78 is 47.4. The molecule has 214 valence electrons. The fraction of sp³-hybridized carbons (Fsp3) is 0.240. The SMILES string of the molecule is Fc1cccc(-n2cnc3c(NCc4nc5ccc(Cl)cc5[nH]4)nc(N4CCNCC4)nc32)c1.O=C(O)C(F)(F)F. The summed E-state index contributed by atoms with van der Waals surface area (Å²) in [6, 6.07) is 11.9. The topological polar surface area (TPSA) is 137 Å². The lowest BCUT2D eigenvalue weighted by molar-refractivity contribution is -0.192. The molecule has 2 aromatic carbocycles. The molecule has 0 bridgehead atoms. The maximum absolute atomic E-state index is 13.9. The van der Waals surface area contributed by atoms with Gasteiger partial charge in [-0.05, 0) is 36.4 Å². The molecule has 1 saturated heterocycles. The number of nitrogens with one attached hydrogen (secondary N) is 3. The number of carboxylic acid groups (broad SMARTS) is 1. The molecule has 4 heterocycles. The number of fused-ring (bicyclic) bond motifs is 2. The van der Waals surface area contributed by atoms with Crippen molar-refractivity contribution in [1.82, 2.24) is 34.8 Å². The number of carboxylic acids is 1. The Morgan fingerprint density at radius 2 is 1.85 bits per heavy atom. The number of imidazole rings is 2. The van der Waals surface area contributed by atoms with E-state index >= 15 is 0 Å². The molecule has 0 amide bonds. The van der Waals surface area contributed by atoms with Crippen LogP contribution in [0.4, 0.5) is 29.3 Å². The predicted octanol–water partition coefficient (Wildman–Crippen LogP) is 4.14. The number of rotatable bonds is 5. The summed E-state index contributed by atoms with van der Waals surface area (Å²) in [5.74, 6) is -1.14. The number of alkyl halides is 3. The number of hydrogen-bond acceptors (Lipinski definition) is 8. The van der Waals surface area contributed by atoms with Gasteiger partial charge in [0.25, 0.3) is 0 Å². The third kappa shape index (κ3) is 6.47. The maximum atomic E-state index is 13.9. The smallest absolute Gasteiger partial charge is 0.475 e. The molecule has 3 aromatic heterocycles. The Bertz CT molecular complexity index is 1700. The second kappa shape index (κ2) is 11.5. The highest BCUT2D eigenvalue weighted by Gasteiger charge is 2.38. The average molecular weight is 592 g/mol. The lowest BCUT2D eigenvalue weighted by Gasteiger charge is -2.27. The monoisotopic (exact) mass is 591 g/mol. The van der Waals surface area contributed by atoms with Crippen molar-refractivity contribution < 1.29 is 27.5 Å². The number of benzene rings is 2. The second-order valence-electron chi connectivity index (χ2n) is 8.88. The van der Waals surface area contributed by atoms with Crippen LogP contribution in [-0.4, -0.2) is 72.9 Å². The van der Waals surface area contributed by atoms with Gasteiger partial charge in [0.15, 0.2) is 17.0 Å². The summed E-state index contributed by atoms with van der Waals surface area (Å²) >= 11 is 6.10. The van der Waals surface area contributed by atoms with Crippen LogP contribution < -0.4 is 15.5 Å². The van der Waals surface area contributed by atoms with Crippen LogP contribution in [0.25, 0.3) is 27.9 Å². The zero-order valence-corrected chi connectivity index (χ0v) is 21.8. The first-order valence-electron chi connectivity index (χ1n) is 12.2. The number of H-pyrrole nitrogens is 1. The fourth-order valence-electron chi connectivity index (χ4n) is 4.12. The van der Waals surface area contributed by atoms with Gasteiger partial charge in [0, 0.05) is 31.2 Å². The molecule has 0 aliphatic carbocycles. The minimum Gasteiger partial charge on any atom is -0.475 e. The lowest BCUT2D eigenvalue weighted by atomic mass is 10.3. The van der Waals surface area contributed by atoms with Crippen LogP contribution in [0.15, 0.2) is 48.8 Å². The van der Waals surface area contributed by atoms with Crippen molar-refractivity contribution in [2.75, 3.05) is 36.4 Å². The number of aromatic amines is 1. The second-order valence-corrected chi connectivity index (χ2v) is 9.31. The van der Waals surface area contributed by atoms with Crippen molar-refractivity contribution in [3.8, 4) is 5.69 Å². The normalized spacial score (nSPS) is 13.7. The molecule has 0 spiro atoms. The number of carbonyl (C=O) groups is 1. The van der Waals surface area contributed by atoms with Gasteiger partial charge in [-0.25, -0.2) is 19.2 Å².